The van der Waals surface area contributed by atoms with Gasteiger partial charge < -0.3 is 10.2 Å². The Bertz CT molecular complexity index is 273. The molecule has 0 aliphatic carbocycles. The Kier molecular flexibility index (Phi) is 5.44. The molecule has 18 heavy (non-hydrogen) atoms. The number of rotatable bonds is 4. The molecule has 0 saturated carbocycles. The van der Waals surface area contributed by atoms with Gasteiger partial charge in [0.1, 0.15) is 6.54 Å². The van der Waals surface area contributed by atoms with Gasteiger partial charge in [0.15, 0.2) is 0 Å². The molecule has 1 rings (SSSR count). The van der Waals surface area contributed by atoms with Crippen molar-refractivity contribution >= 4 is 5.91 Å². The van der Waals surface area contributed by atoms with E-state index in [1.807, 2.05) is 13.8 Å². The van der Waals surface area contributed by atoms with Gasteiger partial charge in [0.25, 0.3) is 0 Å². The van der Waals surface area contributed by atoms with Crippen molar-refractivity contribution in [1.29, 1.82) is 0 Å². The van der Waals surface area contributed by atoms with E-state index in [4.69, 9.17) is 0 Å². The molecule has 0 radical (unpaired) electrons. The van der Waals surface area contributed by atoms with Crippen LogP contribution >= 0.6 is 0 Å². The van der Waals surface area contributed by atoms with Crippen LogP contribution in [0, 0.1) is 5.92 Å². The molecule has 3 nitrogen and oxygen atoms in total. The van der Waals surface area contributed by atoms with Gasteiger partial charge in [0.05, 0.1) is 6.04 Å². The molecule has 6 heteroatoms. The average Bonchev–Trinajstić information content (AvgIpc) is 2.26. The van der Waals surface area contributed by atoms with Crippen molar-refractivity contribution in [3.8, 4) is 0 Å². The maximum Gasteiger partial charge on any atom is 0.406 e. The number of nitrogens with one attached hydrogen (secondary N) is 1. The van der Waals surface area contributed by atoms with Crippen LogP contribution in [-0.2, 0) is 4.79 Å². The van der Waals surface area contributed by atoms with Crippen LogP contribution in [-0.4, -0.2) is 42.7 Å². The average molecular weight is 266 g/mol. The number of halogens is 3. The van der Waals surface area contributed by atoms with Crippen molar-refractivity contribution in [2.75, 3.05) is 19.6 Å². The van der Waals surface area contributed by atoms with E-state index in [-0.39, 0.29) is 12.5 Å². The lowest BCUT2D eigenvalue weighted by Crippen LogP contribution is -2.51. The summed E-state index contributed by atoms with van der Waals surface area (Å²) < 4.78 is 37.4. The summed E-state index contributed by atoms with van der Waals surface area (Å²) >= 11 is 0. The van der Waals surface area contributed by atoms with Gasteiger partial charge in [0.2, 0.25) is 5.91 Å². The molecule has 1 amide bonds. The van der Waals surface area contributed by atoms with E-state index in [2.05, 4.69) is 5.32 Å². The van der Waals surface area contributed by atoms with E-state index in [0.717, 1.165) is 17.7 Å². The summed E-state index contributed by atoms with van der Waals surface area (Å²) in [6.45, 7) is 3.33. The minimum Gasteiger partial charge on any atom is -0.332 e. The lowest BCUT2D eigenvalue weighted by Gasteiger charge is -2.31. The summed E-state index contributed by atoms with van der Waals surface area (Å²) in [5.74, 6) is -0.388. The van der Waals surface area contributed by atoms with Crippen LogP contribution in [0.3, 0.4) is 0 Å². The van der Waals surface area contributed by atoms with E-state index >= 15 is 0 Å². The third-order valence-corrected chi connectivity index (χ3v) is 2.88. The van der Waals surface area contributed by atoms with Crippen LogP contribution in [0.5, 0.6) is 0 Å². The SMILES string of the molecule is CC(C)CN(CC(F)(F)F)C(=O)C1CCCCN1. The molecular weight excluding hydrogens is 245 g/mol. The first-order valence-corrected chi connectivity index (χ1v) is 6.38. The Hall–Kier alpha value is -0.780. The van der Waals surface area contributed by atoms with Crippen molar-refractivity contribution in [3.05, 3.63) is 0 Å². The Balaban J connectivity index is 2.65. The van der Waals surface area contributed by atoms with Crippen LogP contribution in [0.25, 0.3) is 0 Å². The predicted molar refractivity (Wildman–Crippen MR) is 63.1 cm³/mol. The molecule has 1 fully saturated rings. The maximum atomic E-state index is 12.5. The molecule has 0 bridgehead atoms. The normalized spacial score (nSPS) is 21.1. The van der Waals surface area contributed by atoms with Crippen LogP contribution < -0.4 is 5.32 Å². The third kappa shape index (κ3) is 5.25. The second-order valence-electron chi connectivity index (χ2n) is 5.23. The van der Waals surface area contributed by atoms with E-state index in [1.54, 1.807) is 0 Å². The highest BCUT2D eigenvalue weighted by atomic mass is 19.4. The summed E-state index contributed by atoms with van der Waals surface area (Å²) in [6.07, 6.45) is -1.83. The lowest BCUT2D eigenvalue weighted by atomic mass is 10.0. The number of carbonyl (C=O) groups is 1. The van der Waals surface area contributed by atoms with E-state index in [9.17, 15) is 18.0 Å². The number of hydrogen-bond donors (Lipinski definition) is 1. The number of piperidine rings is 1. The molecule has 1 heterocycles. The van der Waals surface area contributed by atoms with Crippen molar-refractivity contribution in [2.24, 2.45) is 5.92 Å². The first-order valence-electron chi connectivity index (χ1n) is 6.38. The van der Waals surface area contributed by atoms with Crippen LogP contribution in [0.1, 0.15) is 33.1 Å². The van der Waals surface area contributed by atoms with Gasteiger partial charge in [0, 0.05) is 6.54 Å². The van der Waals surface area contributed by atoms with E-state index in [0.29, 0.717) is 13.0 Å². The lowest BCUT2D eigenvalue weighted by molar-refractivity contribution is -0.163. The van der Waals surface area contributed by atoms with Gasteiger partial charge in [-0.3, -0.25) is 4.79 Å². The molecule has 1 aliphatic heterocycles. The standard InChI is InChI=1S/C12H21F3N2O/c1-9(2)7-17(8-12(13,14)15)11(18)10-5-3-4-6-16-10/h9-10,16H,3-8H2,1-2H3. The van der Waals surface area contributed by atoms with E-state index in [1.165, 1.54) is 0 Å². The largest absolute Gasteiger partial charge is 0.406 e. The molecule has 1 N–H and O–H groups in total. The Morgan fingerprint density at radius 3 is 2.50 bits per heavy atom. The Morgan fingerprint density at radius 1 is 1.39 bits per heavy atom. The predicted octanol–water partition coefficient (Wildman–Crippen LogP) is 2.18. The number of carbonyl (C=O) groups excluding carboxylic acids is 1. The summed E-state index contributed by atoms with van der Waals surface area (Å²) in [5, 5.41) is 3.00. The molecule has 0 aromatic heterocycles. The van der Waals surface area contributed by atoms with Crippen LogP contribution in [0.4, 0.5) is 13.2 Å². The molecule has 106 valence electrons. The first kappa shape index (κ1) is 15.3. The fraction of sp³-hybridized carbons (Fsp3) is 0.917. The highest BCUT2D eigenvalue weighted by Gasteiger charge is 2.35. The number of hydrogen-bond acceptors (Lipinski definition) is 2. The third-order valence-electron chi connectivity index (χ3n) is 2.88. The zero-order valence-electron chi connectivity index (χ0n) is 10.9. The highest BCUT2D eigenvalue weighted by molar-refractivity contribution is 5.82. The number of nitrogens with zero attached hydrogens (tertiary/aromatic N) is 1. The summed E-state index contributed by atoms with van der Waals surface area (Å²) in [5.41, 5.74) is 0. The topological polar surface area (TPSA) is 32.3 Å². The smallest absolute Gasteiger partial charge is 0.332 e. The van der Waals surface area contributed by atoms with Gasteiger partial charge in [-0.15, -0.1) is 0 Å². The molecule has 1 saturated heterocycles. The second kappa shape index (κ2) is 6.41. The van der Waals surface area contributed by atoms with Crippen molar-refractivity contribution in [1.82, 2.24) is 10.2 Å². The molecule has 1 atom stereocenters. The molecule has 0 aromatic carbocycles. The zero-order chi connectivity index (χ0) is 13.8. The van der Waals surface area contributed by atoms with Crippen molar-refractivity contribution in [3.63, 3.8) is 0 Å². The molecular formula is C12H21F3N2O. The van der Waals surface area contributed by atoms with Crippen LogP contribution in [0.15, 0.2) is 0 Å². The Labute approximate surface area is 106 Å². The number of alkyl halides is 3. The van der Waals surface area contributed by atoms with Gasteiger partial charge in [-0.25, -0.2) is 0 Å². The highest BCUT2D eigenvalue weighted by Crippen LogP contribution is 2.19. The molecule has 1 aliphatic rings. The van der Waals surface area contributed by atoms with Crippen molar-refractivity contribution < 1.29 is 18.0 Å². The van der Waals surface area contributed by atoms with Gasteiger partial charge in [-0.05, 0) is 25.3 Å². The van der Waals surface area contributed by atoms with Gasteiger partial charge >= 0.3 is 6.18 Å². The zero-order valence-corrected chi connectivity index (χ0v) is 10.9. The molecule has 0 aromatic rings. The first-order chi connectivity index (χ1) is 8.29. The fourth-order valence-corrected chi connectivity index (χ4v) is 2.17. The summed E-state index contributed by atoms with van der Waals surface area (Å²) in [6, 6.07) is -0.445. The molecule has 1 unspecified atom stereocenters. The second-order valence-corrected chi connectivity index (χ2v) is 5.23. The maximum absolute atomic E-state index is 12.5. The van der Waals surface area contributed by atoms with E-state index < -0.39 is 24.7 Å². The summed E-state index contributed by atoms with van der Waals surface area (Å²) in [4.78, 5) is 13.0. The van der Waals surface area contributed by atoms with Crippen molar-refractivity contribution in [2.45, 2.75) is 45.3 Å². The van der Waals surface area contributed by atoms with Gasteiger partial charge in [-0.1, -0.05) is 20.3 Å². The minimum atomic E-state index is -4.33. The van der Waals surface area contributed by atoms with Gasteiger partial charge in [-0.2, -0.15) is 13.2 Å². The fourth-order valence-electron chi connectivity index (χ4n) is 2.17. The number of amides is 1. The Morgan fingerprint density at radius 2 is 2.06 bits per heavy atom. The van der Waals surface area contributed by atoms with Crippen LogP contribution in [0.2, 0.25) is 0 Å². The minimum absolute atomic E-state index is 0.0277. The quantitative estimate of drug-likeness (QED) is 0.846. The molecule has 0 spiro atoms. The summed E-state index contributed by atoms with van der Waals surface area (Å²) in [7, 11) is 0. The monoisotopic (exact) mass is 266 g/mol.